The first kappa shape index (κ1) is 21.0. The molecule has 0 heterocycles. The molecule has 1 rings (SSSR count). The standard InChI is InChI=1S/C17H25N3O4S/c1-4-6-10-19(5-2)17(22)16(18-13(3)21)12-25-15-9-7-8-14(11-15)20(23)24/h7-9,11,16H,4-6,10,12H2,1-3H3,(H,18,21). The summed E-state index contributed by atoms with van der Waals surface area (Å²) in [5.41, 5.74) is 0.00512. The number of rotatable bonds is 10. The van der Waals surface area contributed by atoms with E-state index in [4.69, 9.17) is 0 Å². The van der Waals surface area contributed by atoms with Crippen molar-refractivity contribution in [1.29, 1.82) is 0 Å². The number of likely N-dealkylation sites (N-methyl/N-ethyl adjacent to an activating group) is 1. The number of thioether (sulfide) groups is 1. The van der Waals surface area contributed by atoms with Crippen molar-refractivity contribution in [2.75, 3.05) is 18.8 Å². The molecule has 1 aromatic rings. The summed E-state index contributed by atoms with van der Waals surface area (Å²) in [6, 6.07) is 5.59. The van der Waals surface area contributed by atoms with Gasteiger partial charge in [0.1, 0.15) is 6.04 Å². The average molecular weight is 367 g/mol. The predicted molar refractivity (Wildman–Crippen MR) is 98.6 cm³/mol. The maximum absolute atomic E-state index is 12.7. The lowest BCUT2D eigenvalue weighted by Crippen LogP contribution is -2.49. The fourth-order valence-corrected chi connectivity index (χ4v) is 3.24. The van der Waals surface area contributed by atoms with Crippen molar-refractivity contribution < 1.29 is 14.5 Å². The lowest BCUT2D eigenvalue weighted by atomic mass is 10.2. The Morgan fingerprint density at radius 2 is 2.08 bits per heavy atom. The summed E-state index contributed by atoms with van der Waals surface area (Å²) in [4.78, 5) is 37.0. The Labute approximate surface area is 152 Å². The molecule has 0 fully saturated rings. The highest BCUT2D eigenvalue weighted by molar-refractivity contribution is 7.99. The summed E-state index contributed by atoms with van der Waals surface area (Å²) in [6.07, 6.45) is 1.89. The number of nitro groups is 1. The minimum Gasteiger partial charge on any atom is -0.344 e. The van der Waals surface area contributed by atoms with Gasteiger partial charge in [-0.1, -0.05) is 19.4 Å². The van der Waals surface area contributed by atoms with Crippen LogP contribution in [0.5, 0.6) is 0 Å². The molecule has 2 amide bonds. The third-order valence-corrected chi connectivity index (χ3v) is 4.68. The highest BCUT2D eigenvalue weighted by Gasteiger charge is 2.24. The fraction of sp³-hybridized carbons (Fsp3) is 0.529. The van der Waals surface area contributed by atoms with Crippen molar-refractivity contribution in [1.82, 2.24) is 10.2 Å². The Balaban J connectivity index is 2.81. The number of nitrogens with zero attached hydrogens (tertiary/aromatic N) is 2. The van der Waals surface area contributed by atoms with E-state index in [9.17, 15) is 19.7 Å². The van der Waals surface area contributed by atoms with Crippen LogP contribution in [0.3, 0.4) is 0 Å². The second-order valence-electron chi connectivity index (χ2n) is 5.59. The molecule has 0 saturated carbocycles. The zero-order chi connectivity index (χ0) is 18.8. The summed E-state index contributed by atoms with van der Waals surface area (Å²) in [7, 11) is 0. The number of hydrogen-bond acceptors (Lipinski definition) is 5. The number of hydrogen-bond donors (Lipinski definition) is 1. The summed E-state index contributed by atoms with van der Waals surface area (Å²) >= 11 is 1.32. The van der Waals surface area contributed by atoms with Gasteiger partial charge in [-0.2, -0.15) is 0 Å². The molecule has 138 valence electrons. The normalized spacial score (nSPS) is 11.6. The van der Waals surface area contributed by atoms with E-state index in [1.807, 2.05) is 6.92 Å². The number of nitro benzene ring substituents is 1. The van der Waals surface area contributed by atoms with E-state index in [-0.39, 0.29) is 17.5 Å². The third kappa shape index (κ3) is 7.13. The molecule has 1 atom stereocenters. The Bertz CT molecular complexity index is 609. The van der Waals surface area contributed by atoms with Crippen LogP contribution in [0.1, 0.15) is 33.6 Å². The van der Waals surface area contributed by atoms with E-state index in [0.29, 0.717) is 23.7 Å². The third-order valence-electron chi connectivity index (χ3n) is 3.60. The first-order valence-electron chi connectivity index (χ1n) is 8.32. The molecule has 0 radical (unpaired) electrons. The van der Waals surface area contributed by atoms with E-state index in [0.717, 1.165) is 12.8 Å². The van der Waals surface area contributed by atoms with Gasteiger partial charge in [-0.25, -0.2) is 0 Å². The number of carbonyl (C=O) groups excluding carboxylic acids is 2. The molecule has 0 bridgehead atoms. The highest BCUT2D eigenvalue weighted by atomic mass is 32.2. The topological polar surface area (TPSA) is 92.6 Å². The first-order chi connectivity index (χ1) is 11.9. The molecule has 0 aliphatic rings. The number of benzene rings is 1. The number of nitrogens with one attached hydrogen (secondary N) is 1. The van der Waals surface area contributed by atoms with Gasteiger partial charge >= 0.3 is 0 Å². The quantitative estimate of drug-likeness (QED) is 0.390. The van der Waals surface area contributed by atoms with Gasteiger partial charge in [0.15, 0.2) is 0 Å². The largest absolute Gasteiger partial charge is 0.344 e. The Kier molecular flexibility index (Phi) is 8.98. The van der Waals surface area contributed by atoms with Gasteiger partial charge in [-0.15, -0.1) is 11.8 Å². The summed E-state index contributed by atoms with van der Waals surface area (Å²) in [5.74, 6) is -0.0732. The molecule has 1 aromatic carbocycles. The van der Waals surface area contributed by atoms with Crippen molar-refractivity contribution >= 4 is 29.3 Å². The molecule has 0 aromatic heterocycles. The lowest BCUT2D eigenvalue weighted by Gasteiger charge is -2.26. The van der Waals surface area contributed by atoms with Gasteiger partial charge < -0.3 is 10.2 Å². The van der Waals surface area contributed by atoms with Crippen molar-refractivity contribution in [2.45, 2.75) is 44.6 Å². The SMILES string of the molecule is CCCCN(CC)C(=O)C(CSc1cccc([N+](=O)[O-])c1)NC(C)=O. The van der Waals surface area contributed by atoms with Gasteiger partial charge in [-0.3, -0.25) is 19.7 Å². The monoisotopic (exact) mass is 367 g/mol. The molecular formula is C17H25N3O4S. The molecule has 8 heteroatoms. The van der Waals surface area contributed by atoms with E-state index in [1.54, 1.807) is 17.0 Å². The van der Waals surface area contributed by atoms with Crippen molar-refractivity contribution in [3.05, 3.63) is 34.4 Å². The fourth-order valence-electron chi connectivity index (χ4n) is 2.28. The maximum atomic E-state index is 12.7. The van der Waals surface area contributed by atoms with Crippen molar-refractivity contribution in [3.8, 4) is 0 Å². The minimum absolute atomic E-state index is 0.00512. The van der Waals surface area contributed by atoms with Crippen LogP contribution in [0.25, 0.3) is 0 Å². The van der Waals surface area contributed by atoms with Gasteiger partial charge in [0, 0.05) is 42.8 Å². The second-order valence-corrected chi connectivity index (χ2v) is 6.68. The van der Waals surface area contributed by atoms with Crippen LogP contribution in [0.2, 0.25) is 0 Å². The average Bonchev–Trinajstić information content (AvgIpc) is 2.59. The van der Waals surface area contributed by atoms with Gasteiger partial charge in [-0.05, 0) is 19.4 Å². The van der Waals surface area contributed by atoms with Crippen LogP contribution in [0, 0.1) is 10.1 Å². The van der Waals surface area contributed by atoms with E-state index >= 15 is 0 Å². The van der Waals surface area contributed by atoms with Crippen molar-refractivity contribution in [2.24, 2.45) is 0 Å². The van der Waals surface area contributed by atoms with Gasteiger partial charge in [0.2, 0.25) is 11.8 Å². The van der Waals surface area contributed by atoms with E-state index in [1.165, 1.54) is 30.8 Å². The summed E-state index contributed by atoms with van der Waals surface area (Å²) in [6.45, 7) is 6.58. The lowest BCUT2D eigenvalue weighted by molar-refractivity contribution is -0.385. The smallest absolute Gasteiger partial charge is 0.270 e. The van der Waals surface area contributed by atoms with E-state index in [2.05, 4.69) is 12.2 Å². The van der Waals surface area contributed by atoms with Crippen LogP contribution in [-0.4, -0.2) is 46.5 Å². The molecule has 25 heavy (non-hydrogen) atoms. The molecule has 0 spiro atoms. The number of non-ortho nitro benzene ring substituents is 1. The van der Waals surface area contributed by atoms with Crippen LogP contribution >= 0.6 is 11.8 Å². The summed E-state index contributed by atoms with van der Waals surface area (Å²) < 4.78 is 0. The molecular weight excluding hydrogens is 342 g/mol. The maximum Gasteiger partial charge on any atom is 0.270 e. The minimum atomic E-state index is -0.654. The first-order valence-corrected chi connectivity index (χ1v) is 9.30. The Morgan fingerprint density at radius 3 is 2.64 bits per heavy atom. The van der Waals surface area contributed by atoms with Gasteiger partial charge in [0.25, 0.3) is 5.69 Å². The molecule has 0 saturated heterocycles. The molecule has 1 N–H and O–H groups in total. The zero-order valence-corrected chi connectivity index (χ0v) is 15.7. The highest BCUT2D eigenvalue weighted by Crippen LogP contribution is 2.23. The predicted octanol–water partition coefficient (Wildman–Crippen LogP) is 2.84. The van der Waals surface area contributed by atoms with Gasteiger partial charge in [0.05, 0.1) is 4.92 Å². The zero-order valence-electron chi connectivity index (χ0n) is 14.9. The number of amides is 2. The summed E-state index contributed by atoms with van der Waals surface area (Å²) in [5, 5.41) is 13.5. The number of unbranched alkanes of at least 4 members (excludes halogenated alkanes) is 1. The molecule has 7 nitrogen and oxygen atoms in total. The Morgan fingerprint density at radius 1 is 1.36 bits per heavy atom. The van der Waals surface area contributed by atoms with Crippen LogP contribution in [0.4, 0.5) is 5.69 Å². The van der Waals surface area contributed by atoms with Crippen LogP contribution in [0.15, 0.2) is 29.2 Å². The van der Waals surface area contributed by atoms with Crippen LogP contribution in [-0.2, 0) is 9.59 Å². The molecule has 1 unspecified atom stereocenters. The van der Waals surface area contributed by atoms with E-state index < -0.39 is 11.0 Å². The second kappa shape index (κ2) is 10.7. The van der Waals surface area contributed by atoms with Crippen molar-refractivity contribution in [3.63, 3.8) is 0 Å². The molecule has 0 aliphatic heterocycles. The molecule has 0 aliphatic carbocycles. The van der Waals surface area contributed by atoms with Crippen LogP contribution < -0.4 is 5.32 Å². The Hall–Kier alpha value is -2.09. The number of carbonyl (C=O) groups is 2.